The monoisotopic (exact) mass is 298 g/mol. The molecule has 0 saturated heterocycles. The molecule has 4 nitrogen and oxygen atoms in total. The highest BCUT2D eigenvalue weighted by molar-refractivity contribution is 9.10. The molecule has 0 bridgehead atoms. The summed E-state index contributed by atoms with van der Waals surface area (Å²) in [6, 6.07) is 1.49. The molecule has 0 spiro atoms. The Bertz CT molecular complexity index is 434. The molecule has 16 heavy (non-hydrogen) atoms. The van der Waals surface area contributed by atoms with E-state index in [0.717, 1.165) is 6.07 Å². The van der Waals surface area contributed by atoms with Crippen LogP contribution in [0, 0.1) is 10.1 Å². The lowest BCUT2D eigenvalue weighted by molar-refractivity contribution is -0.385. The number of hydrogen-bond donors (Lipinski definition) is 1. The van der Waals surface area contributed by atoms with E-state index in [4.69, 9.17) is 5.73 Å². The predicted octanol–water partition coefficient (Wildman–Crippen LogP) is 2.83. The van der Waals surface area contributed by atoms with E-state index in [1.165, 1.54) is 0 Å². The maximum absolute atomic E-state index is 12.4. The van der Waals surface area contributed by atoms with Gasteiger partial charge in [0.15, 0.2) is 0 Å². The molecule has 88 valence electrons. The molecular weight excluding hydrogens is 293 g/mol. The highest BCUT2D eigenvalue weighted by Gasteiger charge is 2.35. The van der Waals surface area contributed by atoms with Crippen LogP contribution < -0.4 is 5.73 Å². The van der Waals surface area contributed by atoms with E-state index in [-0.39, 0.29) is 16.6 Å². The van der Waals surface area contributed by atoms with Crippen molar-refractivity contribution >= 4 is 21.6 Å². The van der Waals surface area contributed by atoms with Gasteiger partial charge < -0.3 is 5.73 Å². The zero-order valence-electron chi connectivity index (χ0n) is 7.71. The second kappa shape index (κ2) is 4.38. The van der Waals surface area contributed by atoms with Crippen molar-refractivity contribution in [3.8, 4) is 0 Å². The van der Waals surface area contributed by atoms with Gasteiger partial charge in [-0.15, -0.1) is 0 Å². The van der Waals surface area contributed by atoms with Gasteiger partial charge >= 0.3 is 6.18 Å². The predicted molar refractivity (Wildman–Crippen MR) is 53.7 cm³/mol. The summed E-state index contributed by atoms with van der Waals surface area (Å²) in [6.45, 7) is -0.201. The van der Waals surface area contributed by atoms with Gasteiger partial charge in [0.05, 0.1) is 10.5 Å². The average Bonchev–Trinajstić information content (AvgIpc) is 2.14. The fraction of sp³-hybridized carbons (Fsp3) is 0.250. The summed E-state index contributed by atoms with van der Waals surface area (Å²) in [5, 5.41) is 10.5. The second-order valence-corrected chi connectivity index (χ2v) is 3.77. The van der Waals surface area contributed by atoms with Gasteiger partial charge in [-0.3, -0.25) is 10.1 Å². The van der Waals surface area contributed by atoms with Gasteiger partial charge in [0.1, 0.15) is 0 Å². The molecule has 1 rings (SSSR count). The highest BCUT2D eigenvalue weighted by atomic mass is 79.9. The first-order valence-corrected chi connectivity index (χ1v) is 4.80. The number of nitro groups is 1. The molecular formula is C8H6BrF3N2O2. The minimum absolute atomic E-state index is 0.0462. The lowest BCUT2D eigenvalue weighted by Gasteiger charge is -2.10. The topological polar surface area (TPSA) is 69.2 Å². The van der Waals surface area contributed by atoms with Crippen LogP contribution in [0.2, 0.25) is 0 Å². The summed E-state index contributed by atoms with van der Waals surface area (Å²) in [5.41, 5.74) is 3.54. The molecule has 1 aromatic carbocycles. The Morgan fingerprint density at radius 2 is 2.00 bits per heavy atom. The molecule has 1 aromatic rings. The summed E-state index contributed by atoms with van der Waals surface area (Å²) in [7, 11) is 0. The Kier molecular flexibility index (Phi) is 3.54. The summed E-state index contributed by atoms with van der Waals surface area (Å²) >= 11 is 2.71. The number of nitrogens with zero attached hydrogens (tertiary/aromatic N) is 1. The van der Waals surface area contributed by atoms with Crippen LogP contribution in [0.4, 0.5) is 18.9 Å². The third-order valence-corrected chi connectivity index (χ3v) is 2.55. The summed E-state index contributed by atoms with van der Waals surface area (Å²) in [6.07, 6.45) is -4.64. The van der Waals surface area contributed by atoms with Gasteiger partial charge in [0.2, 0.25) is 0 Å². The Balaban J connectivity index is 3.45. The summed E-state index contributed by atoms with van der Waals surface area (Å²) in [4.78, 5) is 9.65. The van der Waals surface area contributed by atoms with Crippen LogP contribution in [0.25, 0.3) is 0 Å². The first kappa shape index (κ1) is 12.9. The molecule has 0 unspecified atom stereocenters. The molecule has 0 aliphatic heterocycles. The molecule has 8 heteroatoms. The van der Waals surface area contributed by atoms with Crippen LogP contribution in [-0.4, -0.2) is 4.92 Å². The van der Waals surface area contributed by atoms with Crippen molar-refractivity contribution in [2.24, 2.45) is 5.73 Å². The summed E-state index contributed by atoms with van der Waals surface area (Å²) in [5.74, 6) is 0. The van der Waals surface area contributed by atoms with Crippen LogP contribution in [0.15, 0.2) is 16.6 Å². The number of hydrogen-bond acceptors (Lipinski definition) is 3. The van der Waals surface area contributed by atoms with Gasteiger partial charge in [-0.25, -0.2) is 0 Å². The van der Waals surface area contributed by atoms with E-state index >= 15 is 0 Å². The molecule has 0 aromatic heterocycles. The van der Waals surface area contributed by atoms with Crippen molar-refractivity contribution in [2.75, 3.05) is 0 Å². The van der Waals surface area contributed by atoms with E-state index in [9.17, 15) is 23.3 Å². The molecule has 0 aliphatic carbocycles. The maximum atomic E-state index is 12.4. The van der Waals surface area contributed by atoms with Crippen molar-refractivity contribution < 1.29 is 18.1 Å². The molecule has 0 fully saturated rings. The fourth-order valence-corrected chi connectivity index (χ4v) is 1.77. The highest BCUT2D eigenvalue weighted by Crippen LogP contribution is 2.38. The van der Waals surface area contributed by atoms with Crippen LogP contribution in [0.3, 0.4) is 0 Å². The minimum Gasteiger partial charge on any atom is -0.326 e. The normalized spacial score (nSPS) is 11.6. The standard InChI is InChI=1S/C8H6BrF3N2O2/c9-6-1-4(3-13)7(14(15)16)2-5(6)8(10,11)12/h1-2H,3,13H2. The lowest BCUT2D eigenvalue weighted by atomic mass is 10.1. The van der Waals surface area contributed by atoms with Gasteiger partial charge in [-0.05, 0) is 6.07 Å². The van der Waals surface area contributed by atoms with Crippen LogP contribution in [-0.2, 0) is 12.7 Å². The van der Waals surface area contributed by atoms with E-state index in [1.807, 2.05) is 0 Å². The summed E-state index contributed by atoms with van der Waals surface area (Å²) < 4.78 is 37.1. The van der Waals surface area contributed by atoms with E-state index < -0.39 is 22.4 Å². The Morgan fingerprint density at radius 3 is 2.38 bits per heavy atom. The number of nitrogens with two attached hydrogens (primary N) is 1. The molecule has 0 heterocycles. The van der Waals surface area contributed by atoms with E-state index in [2.05, 4.69) is 15.9 Å². The Hall–Kier alpha value is -1.15. The molecule has 0 saturated carbocycles. The molecule has 0 atom stereocenters. The Labute approximate surface area is 96.5 Å². The smallest absolute Gasteiger partial charge is 0.326 e. The lowest BCUT2D eigenvalue weighted by Crippen LogP contribution is -2.09. The van der Waals surface area contributed by atoms with Gasteiger partial charge in [-0.1, -0.05) is 15.9 Å². The van der Waals surface area contributed by atoms with Crippen molar-refractivity contribution in [1.29, 1.82) is 0 Å². The fourth-order valence-electron chi connectivity index (χ4n) is 1.15. The van der Waals surface area contributed by atoms with Gasteiger partial charge in [0.25, 0.3) is 5.69 Å². The van der Waals surface area contributed by atoms with Crippen LogP contribution in [0.5, 0.6) is 0 Å². The average molecular weight is 299 g/mol. The SMILES string of the molecule is NCc1cc(Br)c(C(F)(F)F)cc1[N+](=O)[O-]. The van der Waals surface area contributed by atoms with E-state index in [1.54, 1.807) is 0 Å². The second-order valence-electron chi connectivity index (χ2n) is 2.92. The molecule has 0 amide bonds. The van der Waals surface area contributed by atoms with Crippen LogP contribution >= 0.6 is 15.9 Å². The zero-order chi connectivity index (χ0) is 12.5. The zero-order valence-corrected chi connectivity index (χ0v) is 9.30. The van der Waals surface area contributed by atoms with Gasteiger partial charge in [-0.2, -0.15) is 13.2 Å². The third kappa shape index (κ3) is 2.50. The Morgan fingerprint density at radius 1 is 1.44 bits per heavy atom. The quantitative estimate of drug-likeness (QED) is 0.674. The molecule has 0 aliphatic rings. The number of nitro benzene ring substituents is 1. The van der Waals surface area contributed by atoms with Crippen molar-refractivity contribution in [3.05, 3.63) is 37.8 Å². The number of alkyl halides is 3. The number of halogens is 4. The van der Waals surface area contributed by atoms with E-state index in [0.29, 0.717) is 6.07 Å². The third-order valence-electron chi connectivity index (χ3n) is 1.89. The van der Waals surface area contributed by atoms with Gasteiger partial charge in [0, 0.05) is 22.6 Å². The van der Waals surface area contributed by atoms with Crippen molar-refractivity contribution in [1.82, 2.24) is 0 Å². The minimum atomic E-state index is -4.64. The first-order chi connectivity index (χ1) is 7.27. The molecule has 2 N–H and O–H groups in total. The number of rotatable bonds is 2. The maximum Gasteiger partial charge on any atom is 0.417 e. The molecule has 0 radical (unpaired) electrons. The van der Waals surface area contributed by atoms with Crippen LogP contribution in [0.1, 0.15) is 11.1 Å². The number of benzene rings is 1. The van der Waals surface area contributed by atoms with Crippen molar-refractivity contribution in [2.45, 2.75) is 12.7 Å². The first-order valence-electron chi connectivity index (χ1n) is 4.01. The van der Waals surface area contributed by atoms with Crippen molar-refractivity contribution in [3.63, 3.8) is 0 Å². The largest absolute Gasteiger partial charge is 0.417 e.